The number of fused-ring (bicyclic) bond motifs is 1. The van der Waals surface area contributed by atoms with Crippen LogP contribution >= 0.6 is 11.6 Å². The van der Waals surface area contributed by atoms with Gasteiger partial charge in [-0.1, -0.05) is 11.6 Å². The Bertz CT molecular complexity index is 724. The predicted octanol–water partition coefficient (Wildman–Crippen LogP) is 2.62. The summed E-state index contributed by atoms with van der Waals surface area (Å²) in [5.41, 5.74) is 0.186. The highest BCUT2D eigenvalue weighted by Gasteiger charge is 2.30. The second-order valence-corrected chi connectivity index (χ2v) is 7.16. The summed E-state index contributed by atoms with van der Waals surface area (Å²) in [5.74, 6) is -0.228. The van der Waals surface area contributed by atoms with E-state index in [4.69, 9.17) is 16.4 Å². The van der Waals surface area contributed by atoms with Crippen molar-refractivity contribution in [2.75, 3.05) is 13.1 Å². The molecule has 2 aromatic heterocycles. The Labute approximate surface area is 139 Å². The van der Waals surface area contributed by atoms with Crippen LogP contribution in [0.1, 0.15) is 39.7 Å². The fourth-order valence-corrected chi connectivity index (χ4v) is 2.74. The van der Waals surface area contributed by atoms with Gasteiger partial charge in [-0.2, -0.15) is 5.10 Å². The Balaban J connectivity index is 1.78. The number of nitrogens with zero attached hydrogens (tertiary/aromatic N) is 5. The predicted molar refractivity (Wildman–Crippen MR) is 85.7 cm³/mol. The van der Waals surface area contributed by atoms with E-state index < -0.39 is 5.41 Å². The zero-order valence-corrected chi connectivity index (χ0v) is 14.2. The second-order valence-electron chi connectivity index (χ2n) is 6.80. The summed E-state index contributed by atoms with van der Waals surface area (Å²) < 4.78 is 1.85. The summed E-state index contributed by atoms with van der Waals surface area (Å²) in [6.45, 7) is 6.84. The van der Waals surface area contributed by atoms with E-state index in [2.05, 4.69) is 15.1 Å². The zero-order valence-electron chi connectivity index (χ0n) is 13.5. The van der Waals surface area contributed by atoms with E-state index in [-0.39, 0.29) is 12.0 Å². The lowest BCUT2D eigenvalue weighted by atomic mass is 9.98. The van der Waals surface area contributed by atoms with Gasteiger partial charge in [-0.05, 0) is 33.6 Å². The Morgan fingerprint density at radius 3 is 2.91 bits per heavy atom. The summed E-state index contributed by atoms with van der Waals surface area (Å²) >= 11 is 6.07. The third-order valence-electron chi connectivity index (χ3n) is 3.87. The summed E-state index contributed by atoms with van der Waals surface area (Å²) in [6.07, 6.45) is 4.98. The van der Waals surface area contributed by atoms with E-state index in [0.717, 1.165) is 24.8 Å². The van der Waals surface area contributed by atoms with Crippen LogP contribution in [-0.4, -0.2) is 43.9 Å². The molecule has 7 nitrogen and oxygen atoms in total. The van der Waals surface area contributed by atoms with Crippen LogP contribution in [0.4, 0.5) is 0 Å². The van der Waals surface area contributed by atoms with Crippen LogP contribution in [0.5, 0.6) is 0 Å². The van der Waals surface area contributed by atoms with E-state index in [1.54, 1.807) is 11.3 Å². The Morgan fingerprint density at radius 2 is 2.17 bits per heavy atom. The molecule has 1 aliphatic rings. The van der Waals surface area contributed by atoms with Gasteiger partial charge >= 0.3 is 5.97 Å². The number of carbonyl (C=O) groups excluding carboxylic acids is 1. The Kier molecular flexibility index (Phi) is 4.25. The lowest BCUT2D eigenvalue weighted by Gasteiger charge is -2.32. The van der Waals surface area contributed by atoms with Crippen molar-refractivity contribution in [1.29, 1.82) is 0 Å². The Morgan fingerprint density at radius 1 is 1.39 bits per heavy atom. The fraction of sp³-hybridized carbons (Fsp3) is 0.600. The third kappa shape index (κ3) is 3.30. The molecule has 0 amide bonds. The van der Waals surface area contributed by atoms with Gasteiger partial charge in [0.25, 0.3) is 0 Å². The fourth-order valence-electron chi connectivity index (χ4n) is 2.56. The average Bonchev–Trinajstić information content (AvgIpc) is 2.92. The number of hydroxylamine groups is 2. The highest BCUT2D eigenvalue weighted by Crippen LogP contribution is 2.27. The summed E-state index contributed by atoms with van der Waals surface area (Å²) in [7, 11) is 0. The SMILES string of the molecule is CC(C)(C)C(=O)ON1CCCC(n2ncc3c(Cl)ncnc32)C1. The van der Waals surface area contributed by atoms with Crippen molar-refractivity contribution in [3.8, 4) is 0 Å². The minimum atomic E-state index is -0.522. The van der Waals surface area contributed by atoms with E-state index in [0.29, 0.717) is 17.3 Å². The van der Waals surface area contributed by atoms with Gasteiger partial charge in [0.05, 0.1) is 29.6 Å². The monoisotopic (exact) mass is 337 g/mol. The second kappa shape index (κ2) is 6.05. The van der Waals surface area contributed by atoms with Crippen LogP contribution in [0, 0.1) is 5.41 Å². The molecular formula is C15H20ClN5O2. The van der Waals surface area contributed by atoms with Gasteiger partial charge in [-0.15, -0.1) is 5.06 Å². The first-order valence-electron chi connectivity index (χ1n) is 7.67. The van der Waals surface area contributed by atoms with Crippen molar-refractivity contribution in [2.24, 2.45) is 5.41 Å². The first kappa shape index (κ1) is 16.1. The van der Waals surface area contributed by atoms with Crippen LogP contribution < -0.4 is 0 Å². The number of rotatable bonds is 2. The van der Waals surface area contributed by atoms with Crippen LogP contribution in [0.2, 0.25) is 5.15 Å². The molecule has 0 spiro atoms. The van der Waals surface area contributed by atoms with Gasteiger partial charge in [-0.25, -0.2) is 19.4 Å². The van der Waals surface area contributed by atoms with Crippen molar-refractivity contribution < 1.29 is 9.63 Å². The van der Waals surface area contributed by atoms with Crippen LogP contribution in [0.15, 0.2) is 12.5 Å². The number of aromatic nitrogens is 4. The minimum Gasteiger partial charge on any atom is -0.367 e. The first-order chi connectivity index (χ1) is 10.9. The molecular weight excluding hydrogens is 318 g/mol. The average molecular weight is 338 g/mol. The zero-order chi connectivity index (χ0) is 16.6. The highest BCUT2D eigenvalue weighted by atomic mass is 35.5. The summed E-state index contributed by atoms with van der Waals surface area (Å²) in [5, 5.41) is 7.26. The van der Waals surface area contributed by atoms with Gasteiger partial charge in [0.15, 0.2) is 5.65 Å². The maximum atomic E-state index is 12.1. The molecule has 1 atom stereocenters. The van der Waals surface area contributed by atoms with Gasteiger partial charge in [-0.3, -0.25) is 0 Å². The molecule has 0 saturated carbocycles. The standard InChI is InChI=1S/C15H20ClN5O2/c1-15(2,3)14(22)23-20-6-4-5-10(8-20)21-13-11(7-19-21)12(16)17-9-18-13/h7,9-10H,4-6,8H2,1-3H3. The van der Waals surface area contributed by atoms with Gasteiger partial charge in [0, 0.05) is 6.54 Å². The van der Waals surface area contributed by atoms with Gasteiger partial charge in [0.1, 0.15) is 11.5 Å². The molecule has 0 aliphatic carbocycles. The topological polar surface area (TPSA) is 73.1 Å². The molecule has 124 valence electrons. The van der Waals surface area contributed by atoms with E-state index in [1.807, 2.05) is 25.5 Å². The number of hydrogen-bond acceptors (Lipinski definition) is 6. The van der Waals surface area contributed by atoms with Crippen LogP contribution in [0.25, 0.3) is 11.0 Å². The lowest BCUT2D eigenvalue weighted by molar-refractivity contribution is -0.207. The third-order valence-corrected chi connectivity index (χ3v) is 4.17. The normalized spacial score (nSPS) is 19.9. The molecule has 23 heavy (non-hydrogen) atoms. The lowest BCUT2D eigenvalue weighted by Crippen LogP contribution is -2.40. The molecule has 3 heterocycles. The van der Waals surface area contributed by atoms with Crippen molar-refractivity contribution in [1.82, 2.24) is 24.8 Å². The first-order valence-corrected chi connectivity index (χ1v) is 8.05. The molecule has 0 bridgehead atoms. The van der Waals surface area contributed by atoms with E-state index >= 15 is 0 Å². The van der Waals surface area contributed by atoms with Gasteiger partial charge < -0.3 is 4.84 Å². The molecule has 1 saturated heterocycles. The summed E-state index contributed by atoms with van der Waals surface area (Å²) in [4.78, 5) is 25.8. The molecule has 0 N–H and O–H groups in total. The van der Waals surface area contributed by atoms with Gasteiger partial charge in [0.2, 0.25) is 0 Å². The number of halogens is 1. The van der Waals surface area contributed by atoms with Crippen molar-refractivity contribution in [3.05, 3.63) is 17.7 Å². The van der Waals surface area contributed by atoms with Crippen molar-refractivity contribution in [3.63, 3.8) is 0 Å². The molecule has 1 aliphatic heterocycles. The minimum absolute atomic E-state index is 0.0833. The number of piperidine rings is 1. The molecule has 2 aromatic rings. The molecule has 0 radical (unpaired) electrons. The molecule has 8 heteroatoms. The number of carbonyl (C=O) groups is 1. The molecule has 0 aromatic carbocycles. The van der Waals surface area contributed by atoms with E-state index in [9.17, 15) is 4.79 Å². The van der Waals surface area contributed by atoms with Crippen LogP contribution in [0.3, 0.4) is 0 Å². The molecule has 1 fully saturated rings. The quantitative estimate of drug-likeness (QED) is 0.784. The molecule has 1 unspecified atom stereocenters. The molecule has 3 rings (SSSR count). The number of hydrogen-bond donors (Lipinski definition) is 0. The summed E-state index contributed by atoms with van der Waals surface area (Å²) in [6, 6.07) is 0.0833. The van der Waals surface area contributed by atoms with E-state index in [1.165, 1.54) is 6.33 Å². The maximum absolute atomic E-state index is 12.1. The smallest absolute Gasteiger partial charge is 0.330 e. The van der Waals surface area contributed by atoms with Crippen molar-refractivity contribution >= 4 is 28.6 Å². The maximum Gasteiger partial charge on any atom is 0.330 e. The largest absolute Gasteiger partial charge is 0.367 e. The highest BCUT2D eigenvalue weighted by molar-refractivity contribution is 6.33. The van der Waals surface area contributed by atoms with Crippen molar-refractivity contribution in [2.45, 2.75) is 39.7 Å². The Hall–Kier alpha value is -1.73. The van der Waals surface area contributed by atoms with Crippen LogP contribution in [-0.2, 0) is 9.63 Å².